The molecule has 5 heteroatoms. The van der Waals surface area contributed by atoms with Gasteiger partial charge in [-0.2, -0.15) is 5.10 Å². The van der Waals surface area contributed by atoms with Crippen molar-refractivity contribution in [2.45, 2.75) is 34.1 Å². The van der Waals surface area contributed by atoms with Crippen LogP contribution in [-0.4, -0.2) is 19.7 Å². The van der Waals surface area contributed by atoms with E-state index >= 15 is 0 Å². The highest BCUT2D eigenvalue weighted by atomic mass is 32.1. The summed E-state index contributed by atoms with van der Waals surface area (Å²) in [6.45, 7) is 8.23. The summed E-state index contributed by atoms with van der Waals surface area (Å²) in [5, 5.41) is 5.64. The zero-order valence-corrected chi connectivity index (χ0v) is 12.4. The second-order valence-corrected chi connectivity index (χ2v) is 5.97. The number of thiophene rings is 1. The molecule has 0 aliphatic heterocycles. The van der Waals surface area contributed by atoms with E-state index in [0.29, 0.717) is 0 Å². The van der Waals surface area contributed by atoms with Gasteiger partial charge in [-0.05, 0) is 32.9 Å². The summed E-state index contributed by atoms with van der Waals surface area (Å²) < 4.78 is 1.92. The zero-order valence-electron chi connectivity index (χ0n) is 11.6. The van der Waals surface area contributed by atoms with Crippen molar-refractivity contribution in [3.63, 3.8) is 0 Å². The van der Waals surface area contributed by atoms with Gasteiger partial charge < -0.3 is 0 Å². The summed E-state index contributed by atoms with van der Waals surface area (Å²) in [6.07, 6.45) is 0.833. The number of hydrogen-bond acceptors (Lipinski definition) is 4. The largest absolute Gasteiger partial charge is 0.222 e. The van der Waals surface area contributed by atoms with Gasteiger partial charge in [0.15, 0.2) is 5.82 Å². The van der Waals surface area contributed by atoms with E-state index in [1.807, 2.05) is 11.6 Å². The smallest absolute Gasteiger partial charge is 0.166 e. The molecule has 0 fully saturated rings. The molecule has 0 aliphatic rings. The molecule has 0 bridgehead atoms. The van der Waals surface area contributed by atoms with Crippen molar-refractivity contribution < 1.29 is 0 Å². The van der Waals surface area contributed by atoms with Crippen LogP contribution in [0.25, 0.3) is 16.0 Å². The summed E-state index contributed by atoms with van der Waals surface area (Å²) in [7, 11) is 0. The molecular formula is C14H16N4S. The van der Waals surface area contributed by atoms with Crippen molar-refractivity contribution in [3.8, 4) is 5.82 Å². The van der Waals surface area contributed by atoms with Crippen molar-refractivity contribution in [3.05, 3.63) is 34.2 Å². The summed E-state index contributed by atoms with van der Waals surface area (Å²) in [5.41, 5.74) is 2.11. The minimum atomic E-state index is 0.833. The Morgan fingerprint density at radius 3 is 2.58 bits per heavy atom. The molecule has 0 aromatic carbocycles. The highest BCUT2D eigenvalue weighted by molar-refractivity contribution is 7.18. The van der Waals surface area contributed by atoms with Crippen LogP contribution in [0.3, 0.4) is 0 Å². The molecule has 4 nitrogen and oxygen atoms in total. The fraction of sp³-hybridized carbons (Fsp3) is 0.357. The molecule has 19 heavy (non-hydrogen) atoms. The number of rotatable bonds is 2. The van der Waals surface area contributed by atoms with E-state index in [0.717, 1.165) is 39.7 Å². The van der Waals surface area contributed by atoms with E-state index in [1.54, 1.807) is 11.3 Å². The fourth-order valence-electron chi connectivity index (χ4n) is 2.23. The van der Waals surface area contributed by atoms with Gasteiger partial charge in [-0.25, -0.2) is 14.6 Å². The Kier molecular flexibility index (Phi) is 2.86. The first-order valence-corrected chi connectivity index (χ1v) is 7.21. The first-order chi connectivity index (χ1) is 9.08. The highest BCUT2D eigenvalue weighted by Gasteiger charge is 2.14. The third-order valence-electron chi connectivity index (χ3n) is 3.07. The van der Waals surface area contributed by atoms with Crippen LogP contribution in [0.1, 0.15) is 29.0 Å². The van der Waals surface area contributed by atoms with E-state index in [9.17, 15) is 0 Å². The highest BCUT2D eigenvalue weighted by Crippen LogP contribution is 2.28. The first-order valence-electron chi connectivity index (χ1n) is 6.39. The quantitative estimate of drug-likeness (QED) is 0.718. The molecule has 3 rings (SSSR count). The van der Waals surface area contributed by atoms with E-state index in [4.69, 9.17) is 0 Å². The van der Waals surface area contributed by atoms with Gasteiger partial charge in [0.05, 0.1) is 11.1 Å². The van der Waals surface area contributed by atoms with Crippen molar-refractivity contribution in [1.29, 1.82) is 0 Å². The van der Waals surface area contributed by atoms with Gasteiger partial charge in [0, 0.05) is 17.0 Å². The van der Waals surface area contributed by atoms with Crippen LogP contribution in [0.5, 0.6) is 0 Å². The molecule has 0 atom stereocenters. The zero-order chi connectivity index (χ0) is 13.6. The fourth-order valence-corrected chi connectivity index (χ4v) is 3.13. The van der Waals surface area contributed by atoms with Gasteiger partial charge in [-0.3, -0.25) is 0 Å². The van der Waals surface area contributed by atoms with Crippen molar-refractivity contribution in [2.24, 2.45) is 0 Å². The van der Waals surface area contributed by atoms with Crippen LogP contribution in [0, 0.1) is 20.8 Å². The Hall–Kier alpha value is -1.75. The van der Waals surface area contributed by atoms with Crippen LogP contribution in [0.15, 0.2) is 12.1 Å². The van der Waals surface area contributed by atoms with Gasteiger partial charge in [0.1, 0.15) is 10.7 Å². The molecule has 3 heterocycles. The summed E-state index contributed by atoms with van der Waals surface area (Å²) >= 11 is 1.71. The van der Waals surface area contributed by atoms with Crippen molar-refractivity contribution in [1.82, 2.24) is 19.7 Å². The Morgan fingerprint density at radius 1 is 1.16 bits per heavy atom. The van der Waals surface area contributed by atoms with E-state index in [2.05, 4.69) is 48.0 Å². The number of aromatic nitrogens is 4. The molecular weight excluding hydrogens is 256 g/mol. The summed E-state index contributed by atoms with van der Waals surface area (Å²) in [6, 6.07) is 4.21. The van der Waals surface area contributed by atoms with E-state index < -0.39 is 0 Å². The van der Waals surface area contributed by atoms with Crippen LogP contribution >= 0.6 is 11.3 Å². The van der Waals surface area contributed by atoms with Gasteiger partial charge in [-0.15, -0.1) is 11.3 Å². The Bertz CT molecular complexity index is 754. The lowest BCUT2D eigenvalue weighted by atomic mass is 10.3. The molecule has 0 N–H and O–H groups in total. The number of fused-ring (bicyclic) bond motifs is 1. The average Bonchev–Trinajstić information content (AvgIpc) is 2.89. The lowest BCUT2D eigenvalue weighted by Crippen LogP contribution is -2.05. The molecule has 3 aromatic heterocycles. The standard InChI is InChI=1S/C14H16N4S/c1-5-12-15-13(18-9(3)6-8(2)17-18)11-7-10(4)19-14(11)16-12/h6-7H,5H2,1-4H3. The molecule has 0 amide bonds. The Balaban J connectivity index is 2.35. The predicted octanol–water partition coefficient (Wildman–Crippen LogP) is 3.36. The van der Waals surface area contributed by atoms with E-state index in [-0.39, 0.29) is 0 Å². The van der Waals surface area contributed by atoms with Gasteiger partial charge in [-0.1, -0.05) is 6.92 Å². The summed E-state index contributed by atoms with van der Waals surface area (Å²) in [5.74, 6) is 1.77. The van der Waals surface area contributed by atoms with Gasteiger partial charge in [0.2, 0.25) is 0 Å². The third kappa shape index (κ3) is 2.04. The lowest BCUT2D eigenvalue weighted by Gasteiger charge is -2.06. The molecule has 3 aromatic rings. The second-order valence-electron chi connectivity index (χ2n) is 4.73. The third-order valence-corrected chi connectivity index (χ3v) is 4.01. The van der Waals surface area contributed by atoms with Gasteiger partial charge >= 0.3 is 0 Å². The predicted molar refractivity (Wildman–Crippen MR) is 78.1 cm³/mol. The molecule has 0 radical (unpaired) electrons. The molecule has 0 aliphatic carbocycles. The van der Waals surface area contributed by atoms with Gasteiger partial charge in [0.25, 0.3) is 0 Å². The maximum atomic E-state index is 4.67. The Labute approximate surface area is 116 Å². The van der Waals surface area contributed by atoms with Crippen LogP contribution < -0.4 is 0 Å². The minimum Gasteiger partial charge on any atom is -0.222 e. The second kappa shape index (κ2) is 4.42. The van der Waals surface area contributed by atoms with Crippen LogP contribution in [-0.2, 0) is 6.42 Å². The minimum absolute atomic E-state index is 0.833. The maximum Gasteiger partial charge on any atom is 0.166 e. The number of nitrogens with zero attached hydrogens (tertiary/aromatic N) is 4. The van der Waals surface area contributed by atoms with Crippen molar-refractivity contribution in [2.75, 3.05) is 0 Å². The average molecular weight is 272 g/mol. The van der Waals surface area contributed by atoms with E-state index in [1.165, 1.54) is 4.88 Å². The number of aryl methyl sites for hydroxylation is 4. The molecule has 0 unspecified atom stereocenters. The SMILES string of the molecule is CCc1nc(-n2nc(C)cc2C)c2cc(C)sc2n1. The number of hydrogen-bond donors (Lipinski definition) is 0. The maximum absolute atomic E-state index is 4.67. The lowest BCUT2D eigenvalue weighted by molar-refractivity contribution is 0.795. The van der Waals surface area contributed by atoms with Crippen molar-refractivity contribution >= 4 is 21.6 Å². The molecule has 98 valence electrons. The molecule has 0 saturated heterocycles. The van der Waals surface area contributed by atoms with Crippen LogP contribution in [0.4, 0.5) is 0 Å². The first kappa shape index (κ1) is 12.3. The summed E-state index contributed by atoms with van der Waals surface area (Å²) in [4.78, 5) is 11.6. The Morgan fingerprint density at radius 2 is 1.95 bits per heavy atom. The topological polar surface area (TPSA) is 43.6 Å². The van der Waals surface area contributed by atoms with Crippen LogP contribution in [0.2, 0.25) is 0 Å². The monoisotopic (exact) mass is 272 g/mol. The molecule has 0 spiro atoms. The normalized spacial score (nSPS) is 11.4. The molecule has 0 saturated carbocycles.